The highest BCUT2D eigenvalue weighted by Crippen LogP contribution is 2.46. The fourth-order valence-electron chi connectivity index (χ4n) is 8.03. The molecule has 0 radical (unpaired) electrons. The van der Waals surface area contributed by atoms with Crippen molar-refractivity contribution in [3.63, 3.8) is 0 Å². The van der Waals surface area contributed by atoms with Gasteiger partial charge in [0.15, 0.2) is 11.6 Å². The number of furan rings is 2. The molecule has 5 aromatic rings. The van der Waals surface area contributed by atoms with E-state index in [2.05, 4.69) is 15.4 Å². The summed E-state index contributed by atoms with van der Waals surface area (Å²) in [5.74, 6) is -3.37. The molecule has 3 fully saturated rings. The molecule has 3 N–H and O–H groups in total. The van der Waals surface area contributed by atoms with Gasteiger partial charge < -0.3 is 29.1 Å². The van der Waals surface area contributed by atoms with Crippen molar-refractivity contribution in [3.05, 3.63) is 90.7 Å². The van der Waals surface area contributed by atoms with Crippen molar-refractivity contribution in [2.24, 2.45) is 5.92 Å². The highest BCUT2D eigenvalue weighted by Gasteiger charge is 2.62. The van der Waals surface area contributed by atoms with Crippen LogP contribution in [0.1, 0.15) is 68.3 Å². The average molecular weight is 825 g/mol. The minimum atomic E-state index is -3.94. The normalized spacial score (nSPS) is 25.6. The van der Waals surface area contributed by atoms with E-state index < -0.39 is 74.4 Å². The number of amides is 4. The number of aromatic nitrogens is 2. The number of carbonyl (C=O) groups is 4. The molecule has 2 saturated carbocycles. The van der Waals surface area contributed by atoms with Crippen molar-refractivity contribution >= 4 is 55.7 Å². The molecule has 2 aliphatic heterocycles. The zero-order valence-corrected chi connectivity index (χ0v) is 32.6. The predicted octanol–water partition coefficient (Wildman–Crippen LogP) is 4.93. The number of nitrogens with one attached hydrogen (secondary N) is 3. The van der Waals surface area contributed by atoms with Crippen LogP contribution in [0.25, 0.3) is 33.5 Å². The van der Waals surface area contributed by atoms with Crippen LogP contribution in [-0.4, -0.2) is 82.4 Å². The molecule has 306 valence electrons. The second-order valence-electron chi connectivity index (χ2n) is 15.6. The van der Waals surface area contributed by atoms with Crippen LogP contribution in [-0.2, 0) is 24.4 Å². The SMILES string of the molecule is O=C(N[C@H]1CCCCC/C=C\[C@@H]2C[C@@]2(C(=O)NS(=O)(=O)C2CC2)NC(=O)[C@@H]2C[C@@H](Oc3nc(-c4ccccc4)nc4c3oc3ccc(F)cc34)CN2C1=O)c1ccco1. The summed E-state index contributed by atoms with van der Waals surface area (Å²) in [4.78, 5) is 67.1. The lowest BCUT2D eigenvalue weighted by Crippen LogP contribution is -2.58. The summed E-state index contributed by atoms with van der Waals surface area (Å²) < 4.78 is 60.5. The van der Waals surface area contributed by atoms with E-state index in [4.69, 9.17) is 23.5 Å². The smallest absolute Gasteiger partial charge is 0.287 e. The zero-order chi connectivity index (χ0) is 40.9. The van der Waals surface area contributed by atoms with E-state index in [1.165, 1.54) is 35.4 Å². The van der Waals surface area contributed by atoms with Gasteiger partial charge >= 0.3 is 0 Å². The number of rotatable bonds is 8. The first-order valence-corrected chi connectivity index (χ1v) is 21.4. The first kappa shape index (κ1) is 38.4. The number of fused-ring (bicyclic) bond motifs is 5. The summed E-state index contributed by atoms with van der Waals surface area (Å²) in [5, 5.41) is 5.39. The molecule has 0 spiro atoms. The molecule has 3 aromatic heterocycles. The van der Waals surface area contributed by atoms with Gasteiger partial charge in [0, 0.05) is 23.3 Å². The highest BCUT2D eigenvalue weighted by atomic mass is 32.2. The monoisotopic (exact) mass is 824 g/mol. The fraction of sp³-hybridized carbons (Fsp3) is 0.381. The van der Waals surface area contributed by atoms with Gasteiger partial charge in [0.05, 0.1) is 18.1 Å². The first-order valence-electron chi connectivity index (χ1n) is 19.8. The number of benzene rings is 2. The van der Waals surface area contributed by atoms with Crippen molar-refractivity contribution in [2.45, 2.75) is 86.8 Å². The third-order valence-electron chi connectivity index (χ3n) is 11.4. The molecule has 0 bridgehead atoms. The summed E-state index contributed by atoms with van der Waals surface area (Å²) in [6.45, 7) is -0.135. The molecule has 17 heteroatoms. The van der Waals surface area contributed by atoms with Crippen LogP contribution >= 0.6 is 0 Å². The lowest BCUT2D eigenvalue weighted by Gasteiger charge is -2.29. The molecule has 2 aliphatic carbocycles. The lowest BCUT2D eigenvalue weighted by molar-refractivity contribution is -0.141. The third kappa shape index (κ3) is 7.66. The van der Waals surface area contributed by atoms with E-state index in [0.717, 1.165) is 12.8 Å². The molecule has 1 saturated heterocycles. The topological polar surface area (TPSA) is 203 Å². The molecular weight excluding hydrogens is 784 g/mol. The second kappa shape index (κ2) is 15.3. The van der Waals surface area contributed by atoms with Crippen LogP contribution in [0, 0.1) is 11.7 Å². The van der Waals surface area contributed by atoms with Gasteiger partial charge in [-0.1, -0.05) is 55.3 Å². The minimum absolute atomic E-state index is 0.00209. The number of hydrogen-bond acceptors (Lipinski definition) is 11. The van der Waals surface area contributed by atoms with E-state index in [1.807, 2.05) is 42.5 Å². The number of halogens is 1. The third-order valence-corrected chi connectivity index (χ3v) is 13.3. The Labute approximate surface area is 337 Å². The lowest BCUT2D eigenvalue weighted by atomic mass is 10.0. The Morgan fingerprint density at radius 3 is 2.61 bits per heavy atom. The van der Waals surface area contributed by atoms with E-state index in [0.29, 0.717) is 47.7 Å². The quantitative estimate of drug-likeness (QED) is 0.179. The summed E-state index contributed by atoms with van der Waals surface area (Å²) in [5.41, 5.74) is -0.144. The Kier molecular flexibility index (Phi) is 9.93. The number of carbonyl (C=O) groups excluding carboxylic acids is 4. The van der Waals surface area contributed by atoms with Crippen molar-refractivity contribution in [1.29, 1.82) is 0 Å². The van der Waals surface area contributed by atoms with Crippen molar-refractivity contribution < 1.29 is 45.6 Å². The molecule has 9 rings (SSSR count). The van der Waals surface area contributed by atoms with Gasteiger partial charge in [-0.05, 0) is 68.9 Å². The van der Waals surface area contributed by atoms with Crippen LogP contribution in [0.4, 0.5) is 4.39 Å². The summed E-state index contributed by atoms with van der Waals surface area (Å²) in [6, 6.07) is 13.9. The average Bonchev–Trinajstić information content (AvgIpc) is 4.02. The Bertz CT molecular complexity index is 2590. The van der Waals surface area contributed by atoms with Crippen LogP contribution in [0.2, 0.25) is 0 Å². The maximum absolute atomic E-state index is 14.7. The maximum Gasteiger partial charge on any atom is 0.287 e. The highest BCUT2D eigenvalue weighted by molar-refractivity contribution is 7.91. The zero-order valence-electron chi connectivity index (χ0n) is 31.8. The second-order valence-corrected chi connectivity index (χ2v) is 17.6. The van der Waals surface area contributed by atoms with Crippen molar-refractivity contribution in [1.82, 2.24) is 30.2 Å². The molecule has 0 unspecified atom stereocenters. The largest absolute Gasteiger partial charge is 0.470 e. The van der Waals surface area contributed by atoms with E-state index >= 15 is 0 Å². The van der Waals surface area contributed by atoms with Gasteiger partial charge in [0.25, 0.3) is 17.7 Å². The van der Waals surface area contributed by atoms with Crippen molar-refractivity contribution in [2.75, 3.05) is 6.54 Å². The number of nitrogens with zero attached hydrogens (tertiary/aromatic N) is 3. The van der Waals surface area contributed by atoms with Gasteiger partial charge in [0.1, 0.15) is 40.6 Å². The first-order chi connectivity index (χ1) is 28.5. The molecule has 4 amide bonds. The Morgan fingerprint density at radius 1 is 1.00 bits per heavy atom. The minimum Gasteiger partial charge on any atom is -0.470 e. The Balaban J connectivity index is 1.07. The molecule has 15 nitrogen and oxygen atoms in total. The molecular formula is C42H41FN6O9S. The summed E-state index contributed by atoms with van der Waals surface area (Å²) >= 11 is 0. The standard InChI is InChI=1S/C42H41FN6O9S/c43-26-15-18-32-29(20-26)34-35(58-32)39(46-36(45-34)24-10-5-4-6-11-24)57-27-21-31-37(50)47-42(41(53)48-59(54,55)28-16-17-28)22-25(42)12-7-2-1-3-8-13-30(40(52)49(31)23-27)44-38(51)33-14-9-19-56-33/h4-7,9-12,14-15,18-20,25,27-28,30-31H,1-3,8,13,16-17,21-23H2,(H,44,51)(H,47,50)(H,48,53)/b12-7-/t25-,27-,30+,31+,42-/m1/s1. The molecule has 5 heterocycles. The predicted molar refractivity (Wildman–Crippen MR) is 210 cm³/mol. The number of sulfonamides is 1. The Hall–Kier alpha value is -6.10. The molecule has 2 aromatic carbocycles. The number of allylic oxidation sites excluding steroid dienone is 1. The van der Waals surface area contributed by atoms with E-state index in [-0.39, 0.29) is 48.9 Å². The fourth-order valence-corrected chi connectivity index (χ4v) is 9.39. The number of hydrogen-bond donors (Lipinski definition) is 3. The van der Waals surface area contributed by atoms with Gasteiger partial charge in [-0.2, -0.15) is 4.98 Å². The van der Waals surface area contributed by atoms with Crippen molar-refractivity contribution in [3.8, 4) is 17.3 Å². The van der Waals surface area contributed by atoms with Gasteiger partial charge in [-0.25, -0.2) is 17.8 Å². The Morgan fingerprint density at radius 2 is 1.83 bits per heavy atom. The van der Waals surface area contributed by atoms with Crippen LogP contribution in [0.3, 0.4) is 0 Å². The van der Waals surface area contributed by atoms with Gasteiger partial charge in [-0.3, -0.25) is 23.9 Å². The van der Waals surface area contributed by atoms with Gasteiger partial charge in [0.2, 0.25) is 27.4 Å². The van der Waals surface area contributed by atoms with Crippen LogP contribution in [0.5, 0.6) is 5.88 Å². The van der Waals surface area contributed by atoms with Gasteiger partial charge in [-0.15, -0.1) is 0 Å². The molecule has 4 aliphatic rings. The number of ether oxygens (including phenoxy) is 1. The van der Waals surface area contributed by atoms with E-state index in [9.17, 15) is 32.0 Å². The van der Waals surface area contributed by atoms with Crippen LogP contribution in [0.15, 0.2) is 87.9 Å². The molecule has 59 heavy (non-hydrogen) atoms. The summed E-state index contributed by atoms with van der Waals surface area (Å²) in [6.07, 6.45) is 8.20. The summed E-state index contributed by atoms with van der Waals surface area (Å²) in [7, 11) is -3.94. The van der Waals surface area contributed by atoms with E-state index in [1.54, 1.807) is 6.07 Å². The maximum atomic E-state index is 14.7. The van der Waals surface area contributed by atoms with Crippen LogP contribution < -0.4 is 20.1 Å². The molecule has 5 atom stereocenters.